The SMILES string of the molecule is Cl.O=S1(=O)CC2CNCC2C1. The summed E-state index contributed by atoms with van der Waals surface area (Å²) < 4.78 is 22.0. The van der Waals surface area contributed by atoms with Crippen molar-refractivity contribution in [3.63, 3.8) is 0 Å². The van der Waals surface area contributed by atoms with Crippen molar-refractivity contribution in [2.75, 3.05) is 24.6 Å². The van der Waals surface area contributed by atoms with Gasteiger partial charge in [0.2, 0.25) is 0 Å². The minimum atomic E-state index is -2.65. The summed E-state index contributed by atoms with van der Waals surface area (Å²) in [5.41, 5.74) is 0. The quantitative estimate of drug-likeness (QED) is 0.579. The van der Waals surface area contributed by atoms with Gasteiger partial charge in [-0.25, -0.2) is 8.42 Å². The van der Waals surface area contributed by atoms with Crippen molar-refractivity contribution in [1.82, 2.24) is 5.32 Å². The molecule has 3 nitrogen and oxygen atoms in total. The van der Waals surface area contributed by atoms with E-state index in [1.54, 1.807) is 0 Å². The highest BCUT2D eigenvalue weighted by molar-refractivity contribution is 7.91. The summed E-state index contributed by atoms with van der Waals surface area (Å²) >= 11 is 0. The lowest BCUT2D eigenvalue weighted by molar-refractivity contribution is 0.533. The first kappa shape index (κ1) is 9.29. The molecule has 0 aliphatic carbocycles. The number of hydrogen-bond donors (Lipinski definition) is 1. The van der Waals surface area contributed by atoms with Crippen LogP contribution in [0.3, 0.4) is 0 Å². The Balaban J connectivity index is 0.000000605. The van der Waals surface area contributed by atoms with Gasteiger partial charge in [0.05, 0.1) is 11.5 Å². The van der Waals surface area contributed by atoms with Gasteiger partial charge in [-0.3, -0.25) is 0 Å². The van der Waals surface area contributed by atoms with Crippen LogP contribution in [0.5, 0.6) is 0 Å². The molecule has 2 heterocycles. The molecule has 2 fully saturated rings. The lowest BCUT2D eigenvalue weighted by Gasteiger charge is -2.00. The fourth-order valence-electron chi connectivity index (χ4n) is 1.90. The van der Waals surface area contributed by atoms with E-state index in [-0.39, 0.29) is 12.4 Å². The summed E-state index contributed by atoms with van der Waals surface area (Å²) in [6, 6.07) is 0. The number of sulfone groups is 1. The Morgan fingerprint density at radius 2 is 1.55 bits per heavy atom. The van der Waals surface area contributed by atoms with Crippen LogP contribution >= 0.6 is 12.4 Å². The minimum Gasteiger partial charge on any atom is -0.316 e. The van der Waals surface area contributed by atoms with Crippen molar-refractivity contribution in [1.29, 1.82) is 0 Å². The van der Waals surface area contributed by atoms with Crippen molar-refractivity contribution in [2.24, 2.45) is 11.8 Å². The summed E-state index contributed by atoms with van der Waals surface area (Å²) in [4.78, 5) is 0. The molecule has 0 aromatic heterocycles. The molecule has 5 heteroatoms. The van der Waals surface area contributed by atoms with E-state index in [4.69, 9.17) is 0 Å². The molecule has 0 aromatic rings. The van der Waals surface area contributed by atoms with Crippen LogP contribution in [0, 0.1) is 11.8 Å². The zero-order chi connectivity index (χ0) is 7.19. The average molecular weight is 198 g/mol. The fourth-order valence-corrected chi connectivity index (χ4v) is 4.12. The average Bonchev–Trinajstić information content (AvgIpc) is 2.20. The van der Waals surface area contributed by atoms with Crippen LogP contribution in [0.1, 0.15) is 0 Å². The molecule has 2 atom stereocenters. The molecule has 2 rings (SSSR count). The predicted molar refractivity (Wildman–Crippen MR) is 45.8 cm³/mol. The van der Waals surface area contributed by atoms with E-state index in [2.05, 4.69) is 5.32 Å². The molecule has 0 amide bonds. The first-order chi connectivity index (χ1) is 4.67. The van der Waals surface area contributed by atoms with Gasteiger partial charge in [-0.15, -0.1) is 12.4 Å². The van der Waals surface area contributed by atoms with Crippen LogP contribution in [-0.2, 0) is 9.84 Å². The van der Waals surface area contributed by atoms with Crippen molar-refractivity contribution >= 4 is 22.2 Å². The van der Waals surface area contributed by atoms with Gasteiger partial charge in [0.15, 0.2) is 9.84 Å². The summed E-state index contributed by atoms with van der Waals surface area (Å²) in [6.07, 6.45) is 0. The van der Waals surface area contributed by atoms with Gasteiger partial charge in [0.1, 0.15) is 0 Å². The van der Waals surface area contributed by atoms with Crippen LogP contribution in [-0.4, -0.2) is 33.0 Å². The van der Waals surface area contributed by atoms with Gasteiger partial charge in [-0.1, -0.05) is 0 Å². The molecule has 66 valence electrons. The van der Waals surface area contributed by atoms with Gasteiger partial charge in [-0.05, 0) is 24.9 Å². The second-order valence-corrected chi connectivity index (χ2v) is 5.41. The Hall–Kier alpha value is 0.200. The smallest absolute Gasteiger partial charge is 0.150 e. The molecule has 11 heavy (non-hydrogen) atoms. The van der Waals surface area contributed by atoms with Crippen LogP contribution in [0.4, 0.5) is 0 Å². The molecule has 0 spiro atoms. The maximum atomic E-state index is 11.0. The van der Waals surface area contributed by atoms with Gasteiger partial charge in [0.25, 0.3) is 0 Å². The molecular weight excluding hydrogens is 186 g/mol. The summed E-state index contributed by atoms with van der Waals surface area (Å²) in [5, 5.41) is 3.20. The third kappa shape index (κ3) is 1.68. The first-order valence-electron chi connectivity index (χ1n) is 3.58. The highest BCUT2D eigenvalue weighted by atomic mass is 35.5. The lowest BCUT2D eigenvalue weighted by Crippen LogP contribution is -2.16. The number of rotatable bonds is 0. The Labute approximate surface area is 72.9 Å². The van der Waals surface area contributed by atoms with E-state index in [1.807, 2.05) is 0 Å². The second-order valence-electron chi connectivity index (χ2n) is 3.26. The molecular formula is C6H12ClNO2S. The van der Waals surface area contributed by atoms with Gasteiger partial charge in [0, 0.05) is 0 Å². The Morgan fingerprint density at radius 1 is 1.09 bits per heavy atom. The molecule has 2 saturated heterocycles. The fraction of sp³-hybridized carbons (Fsp3) is 1.00. The highest BCUT2D eigenvalue weighted by Gasteiger charge is 2.40. The first-order valence-corrected chi connectivity index (χ1v) is 5.41. The van der Waals surface area contributed by atoms with Crippen molar-refractivity contribution in [2.45, 2.75) is 0 Å². The van der Waals surface area contributed by atoms with Crippen molar-refractivity contribution in [3.8, 4) is 0 Å². The Kier molecular flexibility index (Phi) is 2.46. The van der Waals surface area contributed by atoms with E-state index in [9.17, 15) is 8.42 Å². The maximum absolute atomic E-state index is 11.0. The molecule has 0 saturated carbocycles. The van der Waals surface area contributed by atoms with Gasteiger partial charge < -0.3 is 5.32 Å². The lowest BCUT2D eigenvalue weighted by atomic mass is 10.0. The summed E-state index contributed by atoms with van der Waals surface area (Å²) in [6.45, 7) is 1.81. The van der Waals surface area contributed by atoms with Crippen LogP contribution in [0.15, 0.2) is 0 Å². The Bertz CT molecular complexity index is 221. The third-order valence-electron chi connectivity index (χ3n) is 2.42. The van der Waals surface area contributed by atoms with Crippen LogP contribution in [0.2, 0.25) is 0 Å². The number of hydrogen-bond acceptors (Lipinski definition) is 3. The van der Waals surface area contributed by atoms with Crippen LogP contribution in [0.25, 0.3) is 0 Å². The minimum absolute atomic E-state index is 0. The molecule has 1 N–H and O–H groups in total. The normalized spacial score (nSPS) is 39.6. The molecule has 2 aliphatic rings. The largest absolute Gasteiger partial charge is 0.316 e. The molecule has 2 aliphatic heterocycles. The molecule has 2 unspecified atom stereocenters. The topological polar surface area (TPSA) is 46.2 Å². The van der Waals surface area contributed by atoms with Crippen molar-refractivity contribution < 1.29 is 8.42 Å². The number of fused-ring (bicyclic) bond motifs is 1. The van der Waals surface area contributed by atoms with Gasteiger partial charge >= 0.3 is 0 Å². The van der Waals surface area contributed by atoms with E-state index < -0.39 is 9.84 Å². The standard InChI is InChI=1S/C6H11NO2S.ClH/c8-10(9)3-5-1-7-2-6(5)4-10;/h5-7H,1-4H2;1H. The predicted octanol–water partition coefficient (Wildman–Crippen LogP) is -0.328. The number of halogens is 1. The summed E-state index contributed by atoms with van der Waals surface area (Å²) in [7, 11) is -2.65. The Morgan fingerprint density at radius 3 is 2.00 bits per heavy atom. The zero-order valence-corrected chi connectivity index (χ0v) is 7.75. The second kappa shape index (κ2) is 2.92. The van der Waals surface area contributed by atoms with E-state index >= 15 is 0 Å². The number of nitrogens with one attached hydrogen (secondary N) is 1. The molecule has 0 aromatic carbocycles. The monoisotopic (exact) mass is 197 g/mol. The van der Waals surface area contributed by atoms with E-state index in [0.717, 1.165) is 13.1 Å². The van der Waals surface area contributed by atoms with Gasteiger partial charge in [-0.2, -0.15) is 0 Å². The van der Waals surface area contributed by atoms with Crippen molar-refractivity contribution in [3.05, 3.63) is 0 Å². The molecule has 0 bridgehead atoms. The van der Waals surface area contributed by atoms with E-state index in [0.29, 0.717) is 23.3 Å². The van der Waals surface area contributed by atoms with E-state index in [1.165, 1.54) is 0 Å². The molecule has 0 radical (unpaired) electrons. The van der Waals surface area contributed by atoms with Crippen LogP contribution < -0.4 is 5.32 Å². The third-order valence-corrected chi connectivity index (χ3v) is 4.29. The highest BCUT2D eigenvalue weighted by Crippen LogP contribution is 2.27. The maximum Gasteiger partial charge on any atom is 0.150 e. The summed E-state index contributed by atoms with van der Waals surface area (Å²) in [5.74, 6) is 1.69. The zero-order valence-electron chi connectivity index (χ0n) is 6.12.